The molecule has 1 aromatic rings. The predicted octanol–water partition coefficient (Wildman–Crippen LogP) is 1.63. The molecule has 0 aliphatic carbocycles. The molecule has 0 spiro atoms. The van der Waals surface area contributed by atoms with Crippen LogP contribution >= 0.6 is 0 Å². The molecule has 0 amide bonds. The Labute approximate surface area is 72.9 Å². The maximum Gasteiger partial charge on any atom is 0.0387 e. The van der Waals surface area contributed by atoms with E-state index in [2.05, 4.69) is 0 Å². The quantitative estimate of drug-likeness (QED) is 0.649. The third kappa shape index (κ3) is 2.10. The largest absolute Gasteiger partial charge is 0.398 e. The van der Waals surface area contributed by atoms with Crippen molar-refractivity contribution in [3.8, 4) is 0 Å². The van der Waals surface area contributed by atoms with Gasteiger partial charge in [-0.1, -0.05) is 29.8 Å². The summed E-state index contributed by atoms with van der Waals surface area (Å²) in [5.74, 6) is 0. The van der Waals surface area contributed by atoms with E-state index in [9.17, 15) is 0 Å². The summed E-state index contributed by atoms with van der Waals surface area (Å²) in [4.78, 5) is 0. The van der Waals surface area contributed by atoms with E-state index in [1.54, 1.807) is 0 Å². The van der Waals surface area contributed by atoms with Crippen molar-refractivity contribution in [3.63, 3.8) is 0 Å². The van der Waals surface area contributed by atoms with Crippen molar-refractivity contribution in [2.24, 2.45) is 5.73 Å². The number of nitrogens with two attached hydrogens (primary N) is 2. The van der Waals surface area contributed by atoms with E-state index in [0.717, 1.165) is 16.8 Å². The Morgan fingerprint density at radius 1 is 1.42 bits per heavy atom. The zero-order valence-corrected chi connectivity index (χ0v) is 7.25. The average Bonchev–Trinajstić information content (AvgIpc) is 2.09. The molecular weight excluding hydrogens is 148 g/mol. The van der Waals surface area contributed by atoms with E-state index < -0.39 is 0 Å². The highest BCUT2D eigenvalue weighted by molar-refractivity contribution is 5.65. The summed E-state index contributed by atoms with van der Waals surface area (Å²) < 4.78 is 0. The highest BCUT2D eigenvalue weighted by atomic mass is 14.6. The summed E-state index contributed by atoms with van der Waals surface area (Å²) in [5.41, 5.74) is 14.2. The lowest BCUT2D eigenvalue weighted by atomic mass is 10.1. The van der Waals surface area contributed by atoms with Gasteiger partial charge in [-0.15, -0.1) is 0 Å². The van der Waals surface area contributed by atoms with Gasteiger partial charge in [0, 0.05) is 12.2 Å². The van der Waals surface area contributed by atoms with Crippen LogP contribution in [0.15, 0.2) is 29.8 Å². The van der Waals surface area contributed by atoms with Gasteiger partial charge in [-0.3, -0.25) is 0 Å². The van der Waals surface area contributed by atoms with Gasteiger partial charge in [-0.25, -0.2) is 0 Å². The van der Waals surface area contributed by atoms with Crippen LogP contribution in [0.4, 0.5) is 5.69 Å². The van der Waals surface area contributed by atoms with E-state index in [1.807, 2.05) is 37.3 Å². The zero-order chi connectivity index (χ0) is 8.97. The fourth-order valence-electron chi connectivity index (χ4n) is 0.967. The minimum Gasteiger partial charge on any atom is -0.398 e. The molecule has 4 N–H and O–H groups in total. The standard InChI is InChI=1S/C10H14N2/c1-8(7-11)6-9-4-2-3-5-10(9)12/h2-6H,7,11-12H2,1H3/b8-6+. The van der Waals surface area contributed by atoms with Crippen LogP contribution in [0.5, 0.6) is 0 Å². The van der Waals surface area contributed by atoms with Gasteiger partial charge in [-0.2, -0.15) is 0 Å². The van der Waals surface area contributed by atoms with Crippen LogP contribution in [0, 0.1) is 0 Å². The van der Waals surface area contributed by atoms with Gasteiger partial charge in [0.1, 0.15) is 0 Å². The Morgan fingerprint density at radius 3 is 2.67 bits per heavy atom. The molecule has 0 aromatic heterocycles. The molecule has 1 aromatic carbocycles. The average molecular weight is 162 g/mol. The Balaban J connectivity index is 2.96. The second kappa shape index (κ2) is 3.93. The second-order valence-corrected chi connectivity index (χ2v) is 2.82. The fourth-order valence-corrected chi connectivity index (χ4v) is 0.967. The molecule has 12 heavy (non-hydrogen) atoms. The molecule has 64 valence electrons. The molecule has 0 saturated carbocycles. The van der Waals surface area contributed by atoms with E-state index in [1.165, 1.54) is 0 Å². The summed E-state index contributed by atoms with van der Waals surface area (Å²) in [5, 5.41) is 0. The van der Waals surface area contributed by atoms with Gasteiger partial charge in [0.25, 0.3) is 0 Å². The molecule has 0 fully saturated rings. The summed E-state index contributed by atoms with van der Waals surface area (Å²) in [6.45, 7) is 2.57. The number of hydrogen-bond donors (Lipinski definition) is 2. The molecule has 0 atom stereocenters. The first-order chi connectivity index (χ1) is 5.74. The van der Waals surface area contributed by atoms with Gasteiger partial charge in [-0.05, 0) is 18.6 Å². The van der Waals surface area contributed by atoms with Crippen molar-refractivity contribution >= 4 is 11.8 Å². The van der Waals surface area contributed by atoms with Crippen molar-refractivity contribution < 1.29 is 0 Å². The fraction of sp³-hybridized carbons (Fsp3) is 0.200. The SMILES string of the molecule is C/C(=C\c1ccccc1N)CN. The predicted molar refractivity (Wildman–Crippen MR) is 53.6 cm³/mol. The van der Waals surface area contributed by atoms with E-state index in [0.29, 0.717) is 6.54 Å². The first-order valence-corrected chi connectivity index (χ1v) is 3.96. The van der Waals surface area contributed by atoms with Crippen LogP contribution in [0.3, 0.4) is 0 Å². The van der Waals surface area contributed by atoms with Crippen LogP contribution in [0.1, 0.15) is 12.5 Å². The monoisotopic (exact) mass is 162 g/mol. The summed E-state index contributed by atoms with van der Waals surface area (Å²) in [6, 6.07) is 7.75. The Kier molecular flexibility index (Phi) is 2.88. The third-order valence-electron chi connectivity index (χ3n) is 1.72. The van der Waals surface area contributed by atoms with Gasteiger partial charge >= 0.3 is 0 Å². The van der Waals surface area contributed by atoms with Crippen molar-refractivity contribution in [2.75, 3.05) is 12.3 Å². The molecule has 0 saturated heterocycles. The summed E-state index contributed by atoms with van der Waals surface area (Å²) >= 11 is 0. The maximum absolute atomic E-state index is 5.74. The molecule has 0 heterocycles. The van der Waals surface area contributed by atoms with Gasteiger partial charge < -0.3 is 11.5 Å². The highest BCUT2D eigenvalue weighted by Gasteiger charge is 1.92. The van der Waals surface area contributed by atoms with E-state index >= 15 is 0 Å². The zero-order valence-electron chi connectivity index (χ0n) is 7.25. The van der Waals surface area contributed by atoms with Crippen molar-refractivity contribution in [3.05, 3.63) is 35.4 Å². The highest BCUT2D eigenvalue weighted by Crippen LogP contribution is 2.13. The van der Waals surface area contributed by atoms with Crippen LogP contribution in [-0.2, 0) is 0 Å². The molecule has 2 nitrogen and oxygen atoms in total. The topological polar surface area (TPSA) is 52.0 Å². The van der Waals surface area contributed by atoms with Crippen LogP contribution < -0.4 is 11.5 Å². The van der Waals surface area contributed by atoms with Crippen LogP contribution in [0.25, 0.3) is 6.08 Å². The Morgan fingerprint density at radius 2 is 2.08 bits per heavy atom. The first-order valence-electron chi connectivity index (χ1n) is 3.96. The minimum absolute atomic E-state index is 0.578. The molecule has 0 unspecified atom stereocenters. The number of anilines is 1. The Hall–Kier alpha value is -1.28. The number of hydrogen-bond acceptors (Lipinski definition) is 2. The lowest BCUT2D eigenvalue weighted by molar-refractivity contribution is 1.15. The molecule has 0 aliphatic heterocycles. The molecule has 0 bridgehead atoms. The lowest BCUT2D eigenvalue weighted by Gasteiger charge is -2.00. The van der Waals surface area contributed by atoms with Crippen LogP contribution in [0.2, 0.25) is 0 Å². The van der Waals surface area contributed by atoms with Gasteiger partial charge in [0.15, 0.2) is 0 Å². The smallest absolute Gasteiger partial charge is 0.0387 e. The molecular formula is C10H14N2. The van der Waals surface area contributed by atoms with E-state index in [-0.39, 0.29) is 0 Å². The van der Waals surface area contributed by atoms with Crippen molar-refractivity contribution in [2.45, 2.75) is 6.92 Å². The molecule has 2 heteroatoms. The summed E-state index contributed by atoms with van der Waals surface area (Å²) in [7, 11) is 0. The van der Waals surface area contributed by atoms with Gasteiger partial charge in [0.05, 0.1) is 0 Å². The van der Waals surface area contributed by atoms with E-state index in [4.69, 9.17) is 11.5 Å². The number of benzene rings is 1. The lowest BCUT2D eigenvalue weighted by Crippen LogP contribution is -1.99. The number of nitrogen functional groups attached to an aromatic ring is 1. The second-order valence-electron chi connectivity index (χ2n) is 2.82. The molecule has 0 aliphatic rings. The van der Waals surface area contributed by atoms with Gasteiger partial charge in [0.2, 0.25) is 0 Å². The van der Waals surface area contributed by atoms with Crippen LogP contribution in [-0.4, -0.2) is 6.54 Å². The maximum atomic E-state index is 5.74. The molecule has 0 radical (unpaired) electrons. The number of rotatable bonds is 2. The molecule has 1 rings (SSSR count). The normalized spacial score (nSPS) is 11.7. The third-order valence-corrected chi connectivity index (χ3v) is 1.72. The Bertz CT molecular complexity index is 290. The number of para-hydroxylation sites is 1. The van der Waals surface area contributed by atoms with Crippen molar-refractivity contribution in [1.29, 1.82) is 0 Å². The first kappa shape index (κ1) is 8.81. The summed E-state index contributed by atoms with van der Waals surface area (Å²) in [6.07, 6.45) is 2.01. The van der Waals surface area contributed by atoms with Crippen molar-refractivity contribution in [1.82, 2.24) is 0 Å². The minimum atomic E-state index is 0.578.